The molecule has 0 aromatic heterocycles. The van der Waals surface area contributed by atoms with E-state index in [2.05, 4.69) is 15.9 Å². The van der Waals surface area contributed by atoms with Gasteiger partial charge >= 0.3 is 16.0 Å². The van der Waals surface area contributed by atoms with Gasteiger partial charge < -0.3 is 9.13 Å². The van der Waals surface area contributed by atoms with Crippen molar-refractivity contribution < 1.29 is 21.6 Å². The van der Waals surface area contributed by atoms with E-state index in [-0.39, 0.29) is 20.4 Å². The normalized spacial score (nSPS) is 15.3. The van der Waals surface area contributed by atoms with Crippen LogP contribution in [0.5, 0.6) is 0 Å². The van der Waals surface area contributed by atoms with Gasteiger partial charge in [-0.2, -0.15) is 13.2 Å². The summed E-state index contributed by atoms with van der Waals surface area (Å²) >= 11 is 3.29. The lowest BCUT2D eigenvalue weighted by atomic mass is 10.3. The van der Waals surface area contributed by atoms with Gasteiger partial charge in [-0.05, 0) is 48.5 Å². The average Bonchev–Trinajstić information content (AvgIpc) is 3.00. The van der Waals surface area contributed by atoms with Crippen LogP contribution < -0.4 is 14.3 Å². The lowest BCUT2D eigenvalue weighted by Crippen LogP contribution is -2.34. The highest BCUT2D eigenvalue weighted by Crippen LogP contribution is 2.37. The topological polar surface area (TPSA) is 66.6 Å². The molecule has 136 valence electrons. The number of anilines is 2. The van der Waals surface area contributed by atoms with Crippen molar-refractivity contribution in [3.63, 3.8) is 0 Å². The number of allylic oxidation sites excluding steroid dienone is 1. The summed E-state index contributed by atoms with van der Waals surface area (Å²) in [6.07, 6.45) is -3.52. The van der Waals surface area contributed by atoms with Crippen molar-refractivity contribution in [2.75, 3.05) is 9.13 Å². The van der Waals surface area contributed by atoms with Gasteiger partial charge in [-0.15, -0.1) is 0 Å². The number of halogens is 4. The number of nitrogens with zero attached hydrogens (tertiary/aromatic N) is 2. The molecule has 2 N–H and O–H groups in total. The highest BCUT2D eigenvalue weighted by Gasteiger charge is 2.43. The number of alkyl halides is 3. The summed E-state index contributed by atoms with van der Waals surface area (Å²) in [7, 11) is -4.27. The molecule has 5 nitrogen and oxygen atoms in total. The average molecular weight is 462 g/mol. The van der Waals surface area contributed by atoms with E-state index in [4.69, 9.17) is 5.14 Å². The summed E-state index contributed by atoms with van der Waals surface area (Å²) in [4.78, 5) is -0.161. The number of rotatable bonds is 3. The molecule has 3 rings (SSSR count). The van der Waals surface area contributed by atoms with Crippen LogP contribution in [-0.4, -0.2) is 24.4 Å². The number of nitrogens with two attached hydrogens (primary N) is 1. The third-order valence-corrected chi connectivity index (χ3v) is 6.28. The highest BCUT2D eigenvalue weighted by atomic mass is 79.9. The minimum Gasteiger partial charge on any atom is -0.354 e. The van der Waals surface area contributed by atoms with E-state index < -0.39 is 21.9 Å². The van der Waals surface area contributed by atoms with Crippen LogP contribution in [0.25, 0.3) is 0 Å². The van der Waals surface area contributed by atoms with Crippen LogP contribution >= 0.6 is 15.9 Å². The van der Waals surface area contributed by atoms with Gasteiger partial charge in [0.05, 0.1) is 4.90 Å². The van der Waals surface area contributed by atoms with Gasteiger partial charge in [0.1, 0.15) is 5.70 Å². The Kier molecular flexibility index (Phi) is 4.90. The van der Waals surface area contributed by atoms with E-state index in [1.165, 1.54) is 28.8 Å². The van der Waals surface area contributed by atoms with E-state index in [0.717, 1.165) is 15.2 Å². The molecule has 11 heteroatoms. The summed E-state index contributed by atoms with van der Waals surface area (Å²) in [5, 5.41) is 5.02. The van der Waals surface area contributed by atoms with E-state index >= 15 is 0 Å². The Bertz CT molecular complexity index is 948. The fourth-order valence-electron chi connectivity index (χ4n) is 2.29. The molecule has 1 heterocycles. The molecule has 0 saturated heterocycles. The summed E-state index contributed by atoms with van der Waals surface area (Å²) in [6.45, 7) is 0. The molecule has 2 radical (unpaired) electrons. The Morgan fingerprint density at radius 1 is 0.962 bits per heavy atom. The second-order valence-corrected chi connectivity index (χ2v) is 8.94. The van der Waals surface area contributed by atoms with Crippen molar-refractivity contribution >= 4 is 47.2 Å². The molecule has 0 saturated carbocycles. The monoisotopic (exact) mass is 461 g/mol. The predicted molar refractivity (Wildman–Crippen MR) is 96.8 cm³/mol. The molecule has 26 heavy (non-hydrogen) atoms. The van der Waals surface area contributed by atoms with Crippen LogP contribution in [-0.2, 0) is 10.0 Å². The van der Waals surface area contributed by atoms with E-state index in [0.29, 0.717) is 5.69 Å². The van der Waals surface area contributed by atoms with Crippen molar-refractivity contribution in [1.29, 1.82) is 0 Å². The molecule has 2 aromatic carbocycles. The van der Waals surface area contributed by atoms with Crippen LogP contribution in [0, 0.1) is 0 Å². The summed E-state index contributed by atoms with van der Waals surface area (Å²) in [5.74, 6) is 0. The maximum absolute atomic E-state index is 13.5. The molecule has 1 aliphatic heterocycles. The van der Waals surface area contributed by atoms with E-state index in [1.807, 2.05) is 0 Å². The molecule has 0 unspecified atom stereocenters. The van der Waals surface area contributed by atoms with Gasteiger partial charge in [0.2, 0.25) is 10.0 Å². The molecule has 0 aliphatic carbocycles. The number of benzene rings is 2. The van der Waals surface area contributed by atoms with Gasteiger partial charge in [-0.1, -0.05) is 15.9 Å². The second-order valence-electron chi connectivity index (χ2n) is 5.33. The van der Waals surface area contributed by atoms with E-state index in [9.17, 15) is 21.6 Å². The first-order valence-corrected chi connectivity index (χ1v) is 10.3. The first-order valence-electron chi connectivity index (χ1n) is 7.09. The van der Waals surface area contributed by atoms with Crippen molar-refractivity contribution in [3.8, 4) is 0 Å². The zero-order valence-corrected chi connectivity index (χ0v) is 16.3. The molecule has 0 bridgehead atoms. The fourth-order valence-corrected chi connectivity index (χ4v) is 4.28. The van der Waals surface area contributed by atoms with Crippen LogP contribution in [0.3, 0.4) is 0 Å². The van der Waals surface area contributed by atoms with Crippen LogP contribution in [0.2, 0.25) is 0 Å². The third kappa shape index (κ3) is 3.95. The minimum absolute atomic E-state index is 0.161. The van der Waals surface area contributed by atoms with Gasteiger partial charge in [0, 0.05) is 22.0 Å². The number of hydrogen-bond acceptors (Lipinski definition) is 4. The number of hydrogen-bond donors (Lipinski definition) is 1. The van der Waals surface area contributed by atoms with Crippen molar-refractivity contribution in [2.45, 2.75) is 11.1 Å². The fraction of sp³-hybridized carbons (Fsp3) is 0.0667. The van der Waals surface area contributed by atoms with Gasteiger partial charge in [-0.3, -0.25) is 0 Å². The molecular formula is C15H11BrF3N3O2SSi. The largest absolute Gasteiger partial charge is 0.432 e. The maximum atomic E-state index is 13.5. The molecule has 0 fully saturated rings. The van der Waals surface area contributed by atoms with Gasteiger partial charge in [0.25, 0.3) is 0 Å². The summed E-state index contributed by atoms with van der Waals surface area (Å²) < 4.78 is 66.4. The number of sulfonamides is 1. The van der Waals surface area contributed by atoms with Crippen molar-refractivity contribution in [2.24, 2.45) is 5.14 Å². The zero-order valence-electron chi connectivity index (χ0n) is 12.9. The van der Waals surface area contributed by atoms with Crippen LogP contribution in [0.4, 0.5) is 24.5 Å². The first kappa shape index (κ1) is 19.0. The maximum Gasteiger partial charge on any atom is 0.432 e. The van der Waals surface area contributed by atoms with Crippen LogP contribution in [0.1, 0.15) is 0 Å². The molecule has 1 aliphatic rings. The second kappa shape index (κ2) is 6.72. The molecule has 0 amide bonds. The lowest BCUT2D eigenvalue weighted by Gasteiger charge is -2.23. The molecular weight excluding hydrogens is 451 g/mol. The quantitative estimate of drug-likeness (QED) is 0.711. The van der Waals surface area contributed by atoms with E-state index in [1.54, 1.807) is 24.3 Å². The molecule has 0 atom stereocenters. The number of primary sulfonamides is 1. The Morgan fingerprint density at radius 3 is 2.00 bits per heavy atom. The first-order chi connectivity index (χ1) is 12.1. The summed E-state index contributed by atoms with van der Waals surface area (Å²) in [6, 6.07) is 11.9. The van der Waals surface area contributed by atoms with Crippen molar-refractivity contribution in [1.82, 2.24) is 0 Å². The van der Waals surface area contributed by atoms with Gasteiger partial charge in [0.15, 0.2) is 0 Å². The Hall–Kier alpha value is -1.82. The molecule has 2 aromatic rings. The smallest absolute Gasteiger partial charge is 0.354 e. The SMILES string of the molecule is NS(=O)(=O)c1ccc(N2[Si]N(c3ccc(Br)cc3)C=C2C(F)(F)F)cc1. The third-order valence-electron chi connectivity index (χ3n) is 3.52. The Morgan fingerprint density at radius 2 is 1.50 bits per heavy atom. The highest BCUT2D eigenvalue weighted by molar-refractivity contribution is 9.10. The predicted octanol–water partition coefficient (Wildman–Crippen LogP) is 3.36. The van der Waals surface area contributed by atoms with Gasteiger partial charge in [-0.25, -0.2) is 13.6 Å². The Labute approximate surface area is 159 Å². The van der Waals surface area contributed by atoms with Crippen LogP contribution in [0.15, 0.2) is 69.8 Å². The standard InChI is InChI=1S/C15H11BrF3N3O2SSi/c16-10-1-3-11(4-2-10)21-9-14(15(17,18)19)22(26-21)12-5-7-13(8-6-12)25(20,23)24/h1-9H,(H2,20,23,24). The molecule has 0 spiro atoms. The zero-order chi connectivity index (χ0) is 19.1. The Balaban J connectivity index is 1.96. The minimum atomic E-state index is -4.56. The van der Waals surface area contributed by atoms with Crippen molar-refractivity contribution in [3.05, 3.63) is 64.9 Å². The lowest BCUT2D eigenvalue weighted by molar-refractivity contribution is -0.0917. The summed E-state index contributed by atoms with van der Waals surface area (Å²) in [5.41, 5.74) is -0.00188.